The van der Waals surface area contributed by atoms with Gasteiger partial charge in [-0.15, -0.1) is 0 Å². The molecule has 2 heterocycles. The van der Waals surface area contributed by atoms with E-state index in [-0.39, 0.29) is 5.91 Å². The number of benzene rings is 1. The first-order chi connectivity index (χ1) is 12.2. The van der Waals surface area contributed by atoms with Crippen molar-refractivity contribution in [2.24, 2.45) is 5.92 Å². The van der Waals surface area contributed by atoms with Crippen molar-refractivity contribution in [3.8, 4) is 0 Å². The Balaban J connectivity index is 1.66. The summed E-state index contributed by atoms with van der Waals surface area (Å²) in [4.78, 5) is 14.8. The van der Waals surface area contributed by atoms with Gasteiger partial charge in [0.15, 0.2) is 0 Å². The number of fused-ring (bicyclic) bond motifs is 1. The third kappa shape index (κ3) is 4.65. The highest BCUT2D eigenvalue weighted by atomic mass is 35.5. The normalized spacial score (nSPS) is 17.2. The van der Waals surface area contributed by atoms with Crippen LogP contribution in [0.15, 0.2) is 42.6 Å². The number of carbonyl (C=O) groups excluding carboxylic acids is 1. The van der Waals surface area contributed by atoms with Crippen molar-refractivity contribution in [3.63, 3.8) is 0 Å². The van der Waals surface area contributed by atoms with E-state index in [0.717, 1.165) is 36.7 Å². The molecule has 1 atom stereocenters. The smallest absolute Gasteiger partial charge is 0.223 e. The lowest BCUT2D eigenvalue weighted by Crippen LogP contribution is -2.34. The predicted molar refractivity (Wildman–Crippen MR) is 99.6 cm³/mol. The van der Waals surface area contributed by atoms with Crippen LogP contribution in [0.25, 0.3) is 0 Å². The number of aryl methyl sites for hydroxylation is 1. The number of halogens is 1. The second-order valence-electron chi connectivity index (χ2n) is 6.67. The number of hydrogen-bond donors (Lipinski definition) is 0. The van der Waals surface area contributed by atoms with E-state index in [1.165, 1.54) is 5.69 Å². The second-order valence-corrected chi connectivity index (χ2v) is 7.07. The highest BCUT2D eigenvalue weighted by Gasteiger charge is 2.24. The second kappa shape index (κ2) is 8.54. The number of carbonyl (C=O) groups is 1. The topological polar surface area (TPSA) is 34.5 Å². The summed E-state index contributed by atoms with van der Waals surface area (Å²) in [5, 5.41) is 0.734. The van der Waals surface area contributed by atoms with E-state index in [1.54, 1.807) is 7.11 Å². The van der Waals surface area contributed by atoms with Crippen molar-refractivity contribution < 1.29 is 9.53 Å². The lowest BCUT2D eigenvalue weighted by Gasteiger charge is -2.24. The van der Waals surface area contributed by atoms with Crippen LogP contribution in [0, 0.1) is 5.92 Å². The van der Waals surface area contributed by atoms with E-state index in [4.69, 9.17) is 16.3 Å². The number of amides is 1. The SMILES string of the molecule is COCC[C@@H]1CN(C(=O)CCc2ccccc2Cl)Cc2cccn2C1. The fraction of sp³-hybridized carbons (Fsp3) is 0.450. The maximum Gasteiger partial charge on any atom is 0.223 e. The van der Waals surface area contributed by atoms with Gasteiger partial charge in [0, 0.05) is 50.1 Å². The van der Waals surface area contributed by atoms with Crippen LogP contribution < -0.4 is 0 Å². The van der Waals surface area contributed by atoms with Crippen LogP contribution >= 0.6 is 11.6 Å². The lowest BCUT2D eigenvalue weighted by molar-refractivity contribution is -0.132. The van der Waals surface area contributed by atoms with E-state index in [2.05, 4.69) is 22.9 Å². The van der Waals surface area contributed by atoms with E-state index in [9.17, 15) is 4.79 Å². The number of ether oxygens (including phenoxy) is 1. The summed E-state index contributed by atoms with van der Waals surface area (Å²) in [6.45, 7) is 3.13. The molecule has 1 aromatic carbocycles. The minimum atomic E-state index is 0.192. The molecule has 0 spiro atoms. The first-order valence-electron chi connectivity index (χ1n) is 8.81. The third-order valence-electron chi connectivity index (χ3n) is 4.86. The summed E-state index contributed by atoms with van der Waals surface area (Å²) in [7, 11) is 1.73. The molecule has 2 aromatic rings. The van der Waals surface area contributed by atoms with Crippen molar-refractivity contribution in [2.45, 2.75) is 32.4 Å². The Morgan fingerprint density at radius 2 is 2.08 bits per heavy atom. The molecule has 134 valence electrons. The molecule has 0 saturated carbocycles. The van der Waals surface area contributed by atoms with E-state index in [1.807, 2.05) is 29.2 Å². The minimum absolute atomic E-state index is 0.192. The van der Waals surface area contributed by atoms with Gasteiger partial charge in [0.05, 0.1) is 6.54 Å². The van der Waals surface area contributed by atoms with Crippen molar-refractivity contribution >= 4 is 17.5 Å². The number of methoxy groups -OCH3 is 1. The van der Waals surface area contributed by atoms with E-state index < -0.39 is 0 Å². The van der Waals surface area contributed by atoms with Gasteiger partial charge in [0.25, 0.3) is 0 Å². The molecule has 0 saturated heterocycles. The maximum absolute atomic E-state index is 12.8. The summed E-state index contributed by atoms with van der Waals surface area (Å²) < 4.78 is 7.51. The van der Waals surface area contributed by atoms with Crippen molar-refractivity contribution in [1.82, 2.24) is 9.47 Å². The van der Waals surface area contributed by atoms with Crippen LogP contribution in [-0.4, -0.2) is 35.6 Å². The quantitative estimate of drug-likeness (QED) is 0.785. The van der Waals surface area contributed by atoms with Gasteiger partial charge in [0.1, 0.15) is 0 Å². The van der Waals surface area contributed by atoms with Crippen LogP contribution in [-0.2, 0) is 29.0 Å². The predicted octanol–water partition coefficient (Wildman–Crippen LogP) is 3.77. The van der Waals surface area contributed by atoms with Gasteiger partial charge in [-0.2, -0.15) is 0 Å². The van der Waals surface area contributed by atoms with Crippen LogP contribution in [0.4, 0.5) is 0 Å². The Hall–Kier alpha value is -1.78. The summed E-state index contributed by atoms with van der Waals surface area (Å²) in [5.74, 6) is 0.606. The van der Waals surface area contributed by atoms with Crippen molar-refractivity contribution in [2.75, 3.05) is 20.3 Å². The molecule has 0 N–H and O–H groups in total. The number of rotatable bonds is 6. The Bertz CT molecular complexity index is 713. The van der Waals surface area contributed by atoms with Crippen molar-refractivity contribution in [3.05, 3.63) is 58.9 Å². The lowest BCUT2D eigenvalue weighted by atomic mass is 10.0. The van der Waals surface area contributed by atoms with Gasteiger partial charge in [-0.1, -0.05) is 29.8 Å². The molecule has 1 amide bonds. The van der Waals surface area contributed by atoms with Crippen LogP contribution in [0.2, 0.25) is 5.02 Å². The van der Waals surface area contributed by atoms with Crippen molar-refractivity contribution in [1.29, 1.82) is 0 Å². The van der Waals surface area contributed by atoms with E-state index in [0.29, 0.717) is 25.3 Å². The summed E-state index contributed by atoms with van der Waals surface area (Å²) in [5.41, 5.74) is 2.23. The highest BCUT2D eigenvalue weighted by Crippen LogP contribution is 2.22. The zero-order valence-corrected chi connectivity index (χ0v) is 15.4. The molecule has 4 nitrogen and oxygen atoms in total. The molecular formula is C20H25ClN2O2. The molecule has 1 aromatic heterocycles. The van der Waals surface area contributed by atoms with Gasteiger partial charge in [-0.3, -0.25) is 4.79 Å². The summed E-state index contributed by atoms with van der Waals surface area (Å²) in [6, 6.07) is 11.9. The van der Waals surface area contributed by atoms with Gasteiger partial charge in [-0.05, 0) is 42.5 Å². The monoisotopic (exact) mass is 360 g/mol. The molecule has 0 fully saturated rings. The highest BCUT2D eigenvalue weighted by molar-refractivity contribution is 6.31. The molecule has 0 radical (unpaired) electrons. The van der Waals surface area contributed by atoms with E-state index >= 15 is 0 Å². The molecule has 1 aliphatic rings. The molecule has 25 heavy (non-hydrogen) atoms. The Labute approximate surface area is 154 Å². The maximum atomic E-state index is 12.8. The zero-order valence-electron chi connectivity index (χ0n) is 14.7. The Morgan fingerprint density at radius 1 is 1.24 bits per heavy atom. The molecule has 0 bridgehead atoms. The van der Waals surface area contributed by atoms with Gasteiger partial charge in [0.2, 0.25) is 5.91 Å². The fourth-order valence-corrected chi connectivity index (χ4v) is 3.67. The fourth-order valence-electron chi connectivity index (χ4n) is 3.44. The molecule has 0 aliphatic carbocycles. The number of nitrogens with zero attached hydrogens (tertiary/aromatic N) is 2. The number of aromatic nitrogens is 1. The van der Waals surface area contributed by atoms with Gasteiger partial charge >= 0.3 is 0 Å². The first-order valence-corrected chi connectivity index (χ1v) is 9.19. The average Bonchev–Trinajstić information content (AvgIpc) is 2.97. The Kier molecular flexibility index (Phi) is 6.16. The standard InChI is InChI=1S/C20H25ClN2O2/c1-25-12-10-16-13-22-11-4-6-18(22)15-23(14-16)20(24)9-8-17-5-2-3-7-19(17)21/h2-7,11,16H,8-10,12-15H2,1H3/t16-/m0/s1. The van der Waals surface area contributed by atoms with Crippen LogP contribution in [0.3, 0.4) is 0 Å². The number of hydrogen-bond acceptors (Lipinski definition) is 2. The van der Waals surface area contributed by atoms with Gasteiger partial charge < -0.3 is 14.2 Å². The average molecular weight is 361 g/mol. The molecule has 0 unspecified atom stereocenters. The molecule has 3 rings (SSSR count). The zero-order chi connectivity index (χ0) is 17.6. The minimum Gasteiger partial charge on any atom is -0.385 e. The molecular weight excluding hydrogens is 336 g/mol. The molecule has 1 aliphatic heterocycles. The Morgan fingerprint density at radius 3 is 2.88 bits per heavy atom. The molecule has 5 heteroatoms. The third-order valence-corrected chi connectivity index (χ3v) is 5.23. The van der Waals surface area contributed by atoms with Crippen LogP contribution in [0.1, 0.15) is 24.1 Å². The largest absolute Gasteiger partial charge is 0.385 e. The first kappa shape index (κ1) is 18.0. The summed E-state index contributed by atoms with van der Waals surface area (Å²) >= 11 is 6.21. The van der Waals surface area contributed by atoms with Crippen LogP contribution in [0.5, 0.6) is 0 Å². The van der Waals surface area contributed by atoms with Gasteiger partial charge in [-0.25, -0.2) is 0 Å². The summed E-state index contributed by atoms with van der Waals surface area (Å²) in [6.07, 6.45) is 4.23.